The Bertz CT molecular complexity index is 2280. The second-order valence-electron chi connectivity index (χ2n) is 13.4. The van der Waals surface area contributed by atoms with E-state index in [-0.39, 0.29) is 6.85 Å². The SMILES string of the molecule is c1ccc(N(c2ccccc2)c2ccc3c(c2)-c2ccccc2B2c4ccccc4-c4cc(N(c5ccccc5)c5ccccc5)ccc4N23)cc1. The molecule has 2 aliphatic rings. The first-order valence-electron chi connectivity index (χ1n) is 17.9. The fourth-order valence-corrected chi connectivity index (χ4v) is 8.20. The van der Waals surface area contributed by atoms with Crippen LogP contribution in [0.3, 0.4) is 0 Å². The van der Waals surface area contributed by atoms with E-state index < -0.39 is 0 Å². The minimum Gasteiger partial charge on any atom is -0.376 e. The summed E-state index contributed by atoms with van der Waals surface area (Å²) in [5.74, 6) is 0. The van der Waals surface area contributed by atoms with Crippen molar-refractivity contribution in [1.29, 1.82) is 0 Å². The quantitative estimate of drug-likeness (QED) is 0.164. The second-order valence-corrected chi connectivity index (χ2v) is 13.4. The van der Waals surface area contributed by atoms with E-state index in [4.69, 9.17) is 0 Å². The lowest BCUT2D eigenvalue weighted by Gasteiger charge is -2.44. The highest BCUT2D eigenvalue weighted by Crippen LogP contribution is 2.49. The molecule has 0 atom stereocenters. The zero-order chi connectivity index (χ0) is 34.4. The smallest absolute Gasteiger partial charge is 0.329 e. The fraction of sp³-hybridized carbons (Fsp3) is 0. The van der Waals surface area contributed by atoms with Gasteiger partial charge in [-0.3, -0.25) is 0 Å². The largest absolute Gasteiger partial charge is 0.376 e. The van der Waals surface area contributed by atoms with E-state index in [0.717, 1.165) is 34.1 Å². The molecule has 0 spiro atoms. The molecule has 0 unspecified atom stereocenters. The predicted octanol–water partition coefficient (Wildman–Crippen LogP) is 11.5. The van der Waals surface area contributed by atoms with Crippen molar-refractivity contribution in [3.63, 3.8) is 0 Å². The van der Waals surface area contributed by atoms with Crippen molar-refractivity contribution in [3.8, 4) is 22.3 Å². The van der Waals surface area contributed by atoms with Gasteiger partial charge in [-0.1, -0.05) is 121 Å². The highest BCUT2D eigenvalue weighted by atomic mass is 15.2. The third-order valence-corrected chi connectivity index (χ3v) is 10.4. The molecule has 2 aliphatic heterocycles. The van der Waals surface area contributed by atoms with Gasteiger partial charge in [-0.05, 0) is 107 Å². The molecule has 4 heteroatoms. The zero-order valence-electron chi connectivity index (χ0n) is 28.5. The highest BCUT2D eigenvalue weighted by molar-refractivity contribution is 6.92. The topological polar surface area (TPSA) is 9.72 Å². The summed E-state index contributed by atoms with van der Waals surface area (Å²) in [6, 6.07) is 74.5. The van der Waals surface area contributed by atoms with Gasteiger partial charge >= 0.3 is 6.85 Å². The molecule has 0 amide bonds. The van der Waals surface area contributed by atoms with E-state index in [0.29, 0.717) is 0 Å². The molecule has 10 rings (SSSR count). The van der Waals surface area contributed by atoms with E-state index in [9.17, 15) is 0 Å². The van der Waals surface area contributed by atoms with Crippen LogP contribution in [0, 0.1) is 0 Å². The van der Waals surface area contributed by atoms with E-state index in [1.54, 1.807) is 0 Å². The van der Waals surface area contributed by atoms with Crippen LogP contribution in [0.15, 0.2) is 206 Å². The minimum absolute atomic E-state index is 0.0443. The Hall–Kier alpha value is -6.78. The molecule has 52 heavy (non-hydrogen) atoms. The highest BCUT2D eigenvalue weighted by Gasteiger charge is 2.42. The van der Waals surface area contributed by atoms with Gasteiger partial charge in [-0.2, -0.15) is 0 Å². The summed E-state index contributed by atoms with van der Waals surface area (Å²) < 4.78 is 0. The van der Waals surface area contributed by atoms with Gasteiger partial charge in [0.1, 0.15) is 0 Å². The van der Waals surface area contributed by atoms with Gasteiger partial charge in [0, 0.05) is 56.6 Å². The first-order valence-corrected chi connectivity index (χ1v) is 17.9. The summed E-state index contributed by atoms with van der Waals surface area (Å²) >= 11 is 0. The van der Waals surface area contributed by atoms with Crippen molar-refractivity contribution in [2.24, 2.45) is 0 Å². The number of fused-ring (bicyclic) bond motifs is 11. The van der Waals surface area contributed by atoms with Crippen molar-refractivity contribution < 1.29 is 0 Å². The lowest BCUT2D eigenvalue weighted by atomic mass is 9.43. The molecule has 3 nitrogen and oxygen atoms in total. The Labute approximate surface area is 305 Å². The molecule has 0 saturated heterocycles. The summed E-state index contributed by atoms with van der Waals surface area (Å²) in [4.78, 5) is 7.28. The molecule has 0 aliphatic carbocycles. The Morgan fingerprint density at radius 2 is 0.615 bits per heavy atom. The number of benzene rings is 8. The van der Waals surface area contributed by atoms with Gasteiger partial charge in [-0.25, -0.2) is 0 Å². The summed E-state index contributed by atoms with van der Waals surface area (Å²) in [5, 5.41) is 0. The summed E-state index contributed by atoms with van der Waals surface area (Å²) in [6.45, 7) is 0.0443. The third-order valence-electron chi connectivity index (χ3n) is 10.4. The van der Waals surface area contributed by atoms with Crippen molar-refractivity contribution in [2.45, 2.75) is 0 Å². The average Bonchev–Trinajstić information content (AvgIpc) is 3.22. The molecular formula is C48H34BN3. The fourth-order valence-electron chi connectivity index (χ4n) is 8.20. The first kappa shape index (κ1) is 30.1. The van der Waals surface area contributed by atoms with E-state index in [1.807, 2.05) is 0 Å². The van der Waals surface area contributed by atoms with E-state index >= 15 is 0 Å². The molecule has 0 saturated carbocycles. The van der Waals surface area contributed by atoms with Crippen LogP contribution in [0.5, 0.6) is 0 Å². The van der Waals surface area contributed by atoms with Gasteiger partial charge in [0.15, 0.2) is 0 Å². The molecule has 0 fully saturated rings. The molecule has 0 N–H and O–H groups in total. The van der Waals surface area contributed by atoms with Crippen LogP contribution in [-0.2, 0) is 0 Å². The van der Waals surface area contributed by atoms with Crippen molar-refractivity contribution >= 4 is 63.3 Å². The van der Waals surface area contributed by atoms with Crippen LogP contribution in [0.4, 0.5) is 45.5 Å². The standard InChI is InChI=1S/C48H34BN3/c1-5-17-35(18-6-1)50(36-19-7-2-8-20-36)39-29-31-47-43(33-39)41-25-13-15-27-45(41)49-46-28-16-14-26-42(46)44-34-40(30-32-48(44)52(47)49)51(37-21-9-3-10-22-37)38-23-11-4-12-24-38/h1-34H. The molecule has 8 aromatic rings. The number of hydrogen-bond acceptors (Lipinski definition) is 3. The normalized spacial score (nSPS) is 12.2. The van der Waals surface area contributed by atoms with Crippen LogP contribution in [0.25, 0.3) is 22.3 Å². The first-order chi connectivity index (χ1) is 25.8. The molecule has 0 bridgehead atoms. The van der Waals surface area contributed by atoms with Gasteiger partial charge < -0.3 is 14.6 Å². The van der Waals surface area contributed by atoms with Crippen LogP contribution in [0.1, 0.15) is 0 Å². The lowest BCUT2D eigenvalue weighted by molar-refractivity contribution is 1.26. The van der Waals surface area contributed by atoms with Gasteiger partial charge in [0.2, 0.25) is 0 Å². The van der Waals surface area contributed by atoms with Gasteiger partial charge in [0.05, 0.1) is 0 Å². The minimum atomic E-state index is 0.0443. The molecule has 0 aromatic heterocycles. The maximum absolute atomic E-state index is 2.58. The molecule has 244 valence electrons. The molecule has 8 aromatic carbocycles. The van der Waals surface area contributed by atoms with Crippen LogP contribution >= 0.6 is 0 Å². The zero-order valence-corrected chi connectivity index (χ0v) is 28.5. The Morgan fingerprint density at radius 3 is 0.981 bits per heavy atom. The molecular weight excluding hydrogens is 629 g/mol. The maximum atomic E-state index is 2.58. The van der Waals surface area contributed by atoms with E-state index in [1.165, 1.54) is 44.6 Å². The van der Waals surface area contributed by atoms with Crippen LogP contribution < -0.4 is 25.5 Å². The Kier molecular flexibility index (Phi) is 7.25. The summed E-state index contributed by atoms with van der Waals surface area (Å²) in [5.41, 5.74) is 16.8. The number of para-hydroxylation sites is 4. The lowest BCUT2D eigenvalue weighted by Crippen LogP contribution is -2.59. The van der Waals surface area contributed by atoms with Crippen LogP contribution in [-0.4, -0.2) is 6.85 Å². The van der Waals surface area contributed by atoms with Crippen molar-refractivity contribution in [1.82, 2.24) is 0 Å². The Morgan fingerprint density at radius 1 is 0.288 bits per heavy atom. The van der Waals surface area contributed by atoms with Crippen LogP contribution in [0.2, 0.25) is 0 Å². The average molecular weight is 664 g/mol. The number of rotatable bonds is 6. The van der Waals surface area contributed by atoms with Gasteiger partial charge in [0.25, 0.3) is 0 Å². The number of hydrogen-bond donors (Lipinski definition) is 0. The number of nitrogens with zero attached hydrogens (tertiary/aromatic N) is 3. The molecule has 0 radical (unpaired) electrons. The predicted molar refractivity (Wildman–Crippen MR) is 220 cm³/mol. The molecule has 2 heterocycles. The Balaban J connectivity index is 1.18. The summed E-state index contributed by atoms with van der Waals surface area (Å²) in [6.07, 6.45) is 0. The monoisotopic (exact) mass is 663 g/mol. The van der Waals surface area contributed by atoms with Crippen molar-refractivity contribution in [2.75, 3.05) is 14.6 Å². The van der Waals surface area contributed by atoms with Crippen molar-refractivity contribution in [3.05, 3.63) is 206 Å². The van der Waals surface area contributed by atoms with Gasteiger partial charge in [-0.15, -0.1) is 0 Å². The summed E-state index contributed by atoms with van der Waals surface area (Å²) in [7, 11) is 0. The third kappa shape index (κ3) is 4.91. The van der Waals surface area contributed by atoms with E-state index in [2.05, 4.69) is 221 Å². The number of anilines is 8. The maximum Gasteiger partial charge on any atom is 0.329 e. The second kappa shape index (κ2) is 12.5.